The first-order valence-corrected chi connectivity index (χ1v) is 6.37. The molecule has 21 heavy (non-hydrogen) atoms. The standard InChI is InChI=1S/C14H19N3O4/c1-5-6-17(9-13(19)20)8-11(18)15-12-7-10(16-21-12)14(2,3)4/h1,7H,6,8-9H2,2-4H3,(H,15,18)(H,19,20). The monoisotopic (exact) mass is 293 g/mol. The van der Waals surface area contributed by atoms with Crippen molar-refractivity contribution < 1.29 is 19.2 Å². The smallest absolute Gasteiger partial charge is 0.317 e. The van der Waals surface area contributed by atoms with E-state index in [2.05, 4.69) is 16.4 Å². The van der Waals surface area contributed by atoms with E-state index in [1.54, 1.807) is 6.07 Å². The highest BCUT2D eigenvalue weighted by Crippen LogP contribution is 2.23. The molecule has 0 unspecified atom stereocenters. The van der Waals surface area contributed by atoms with Gasteiger partial charge in [0.2, 0.25) is 11.8 Å². The maximum absolute atomic E-state index is 11.8. The average Bonchev–Trinajstić information content (AvgIpc) is 2.76. The van der Waals surface area contributed by atoms with Crippen LogP contribution in [0.5, 0.6) is 0 Å². The highest BCUT2D eigenvalue weighted by atomic mass is 16.5. The molecule has 7 heteroatoms. The molecule has 1 aromatic rings. The van der Waals surface area contributed by atoms with Gasteiger partial charge in [-0.15, -0.1) is 6.42 Å². The normalized spacial score (nSPS) is 11.2. The molecule has 1 heterocycles. The molecule has 0 aliphatic carbocycles. The first kappa shape index (κ1) is 16.7. The van der Waals surface area contributed by atoms with Crippen molar-refractivity contribution in [3.05, 3.63) is 11.8 Å². The summed E-state index contributed by atoms with van der Waals surface area (Å²) in [5, 5.41) is 15.1. The summed E-state index contributed by atoms with van der Waals surface area (Å²) in [6.07, 6.45) is 5.14. The number of terminal acetylenes is 1. The van der Waals surface area contributed by atoms with E-state index in [0.29, 0.717) is 5.69 Å². The Hall–Kier alpha value is -2.33. The highest BCUT2D eigenvalue weighted by molar-refractivity contribution is 5.91. The fourth-order valence-corrected chi connectivity index (χ4v) is 1.56. The van der Waals surface area contributed by atoms with Crippen LogP contribution in [0, 0.1) is 12.3 Å². The Morgan fingerprint density at radius 3 is 2.62 bits per heavy atom. The molecule has 0 aromatic carbocycles. The molecule has 1 amide bonds. The van der Waals surface area contributed by atoms with E-state index < -0.39 is 11.9 Å². The van der Waals surface area contributed by atoms with Gasteiger partial charge in [0.25, 0.3) is 0 Å². The molecule has 114 valence electrons. The van der Waals surface area contributed by atoms with E-state index in [1.165, 1.54) is 4.90 Å². The zero-order valence-corrected chi connectivity index (χ0v) is 12.3. The van der Waals surface area contributed by atoms with Crippen LogP contribution in [-0.4, -0.2) is 46.7 Å². The molecule has 0 aliphatic heterocycles. The Bertz CT molecular complexity index is 551. The van der Waals surface area contributed by atoms with Crippen molar-refractivity contribution in [2.24, 2.45) is 0 Å². The van der Waals surface area contributed by atoms with Crippen LogP contribution in [0.1, 0.15) is 26.5 Å². The lowest BCUT2D eigenvalue weighted by Crippen LogP contribution is -2.37. The summed E-state index contributed by atoms with van der Waals surface area (Å²) in [6, 6.07) is 1.64. The van der Waals surface area contributed by atoms with E-state index in [-0.39, 0.29) is 30.9 Å². The number of aromatic nitrogens is 1. The Morgan fingerprint density at radius 1 is 1.48 bits per heavy atom. The summed E-state index contributed by atoms with van der Waals surface area (Å²) >= 11 is 0. The SMILES string of the molecule is C#CCN(CC(=O)O)CC(=O)Nc1cc(C(C)(C)C)no1. The van der Waals surface area contributed by atoms with Gasteiger partial charge in [-0.25, -0.2) is 0 Å². The molecule has 0 bridgehead atoms. The van der Waals surface area contributed by atoms with Gasteiger partial charge in [-0.1, -0.05) is 31.8 Å². The zero-order chi connectivity index (χ0) is 16.0. The van der Waals surface area contributed by atoms with Crippen LogP contribution in [-0.2, 0) is 15.0 Å². The minimum atomic E-state index is -1.05. The van der Waals surface area contributed by atoms with Crippen LogP contribution in [0.4, 0.5) is 5.88 Å². The molecule has 7 nitrogen and oxygen atoms in total. The Balaban J connectivity index is 2.62. The van der Waals surface area contributed by atoms with E-state index in [0.717, 1.165) is 0 Å². The van der Waals surface area contributed by atoms with E-state index in [4.69, 9.17) is 16.1 Å². The lowest BCUT2D eigenvalue weighted by molar-refractivity contribution is -0.138. The third-order valence-corrected chi connectivity index (χ3v) is 2.58. The number of carboxylic acids is 1. The Labute approximate surface area is 123 Å². The molecule has 2 N–H and O–H groups in total. The summed E-state index contributed by atoms with van der Waals surface area (Å²) in [5.74, 6) is 1.07. The van der Waals surface area contributed by atoms with E-state index in [9.17, 15) is 9.59 Å². The van der Waals surface area contributed by atoms with Crippen molar-refractivity contribution in [2.75, 3.05) is 25.0 Å². The second-order valence-electron chi connectivity index (χ2n) is 5.62. The number of nitrogens with zero attached hydrogens (tertiary/aromatic N) is 2. The fraction of sp³-hybridized carbons (Fsp3) is 0.500. The number of anilines is 1. The number of amides is 1. The summed E-state index contributed by atoms with van der Waals surface area (Å²) in [7, 11) is 0. The van der Waals surface area contributed by atoms with Crippen LogP contribution >= 0.6 is 0 Å². The van der Waals surface area contributed by atoms with Crippen molar-refractivity contribution in [3.63, 3.8) is 0 Å². The van der Waals surface area contributed by atoms with Gasteiger partial charge < -0.3 is 9.63 Å². The summed E-state index contributed by atoms with van der Waals surface area (Å²) < 4.78 is 5.03. The molecule has 0 radical (unpaired) electrons. The minimum absolute atomic E-state index is 0.0728. The maximum atomic E-state index is 11.8. The van der Waals surface area contributed by atoms with Crippen molar-refractivity contribution in [1.29, 1.82) is 0 Å². The van der Waals surface area contributed by atoms with Crippen LogP contribution in [0.3, 0.4) is 0 Å². The topological polar surface area (TPSA) is 95.7 Å². The fourth-order valence-electron chi connectivity index (χ4n) is 1.56. The summed E-state index contributed by atoms with van der Waals surface area (Å²) in [4.78, 5) is 23.8. The third kappa shape index (κ3) is 5.67. The molecule has 0 aliphatic rings. The van der Waals surface area contributed by atoms with Gasteiger partial charge in [0.05, 0.1) is 25.3 Å². The molecule has 0 atom stereocenters. The zero-order valence-electron chi connectivity index (χ0n) is 12.3. The van der Waals surface area contributed by atoms with Crippen molar-refractivity contribution in [3.8, 4) is 12.3 Å². The number of rotatable bonds is 6. The van der Waals surface area contributed by atoms with Gasteiger partial charge in [-0.3, -0.25) is 19.8 Å². The first-order chi connectivity index (χ1) is 9.72. The maximum Gasteiger partial charge on any atom is 0.317 e. The van der Waals surface area contributed by atoms with Gasteiger partial charge in [0.15, 0.2) is 0 Å². The number of hydrogen-bond acceptors (Lipinski definition) is 5. The van der Waals surface area contributed by atoms with E-state index in [1.807, 2.05) is 20.8 Å². The number of nitrogens with one attached hydrogen (secondary N) is 1. The quantitative estimate of drug-likeness (QED) is 0.758. The second-order valence-corrected chi connectivity index (χ2v) is 5.62. The molecule has 1 rings (SSSR count). The Kier molecular flexibility index (Phi) is 5.50. The predicted molar refractivity (Wildman–Crippen MR) is 76.7 cm³/mol. The van der Waals surface area contributed by atoms with Gasteiger partial charge in [-0.2, -0.15) is 0 Å². The number of carbonyl (C=O) groups is 2. The molecule has 0 saturated carbocycles. The van der Waals surface area contributed by atoms with Crippen molar-refractivity contribution in [2.45, 2.75) is 26.2 Å². The van der Waals surface area contributed by atoms with Gasteiger partial charge in [0, 0.05) is 11.5 Å². The first-order valence-electron chi connectivity index (χ1n) is 6.37. The van der Waals surface area contributed by atoms with Gasteiger partial charge in [0.1, 0.15) is 0 Å². The van der Waals surface area contributed by atoms with Gasteiger partial charge >= 0.3 is 5.97 Å². The Morgan fingerprint density at radius 2 is 2.14 bits per heavy atom. The highest BCUT2D eigenvalue weighted by Gasteiger charge is 2.20. The van der Waals surface area contributed by atoms with Crippen LogP contribution in [0.2, 0.25) is 0 Å². The lowest BCUT2D eigenvalue weighted by Gasteiger charge is -2.15. The van der Waals surface area contributed by atoms with Gasteiger partial charge in [-0.05, 0) is 0 Å². The molecule has 0 spiro atoms. The molecule has 0 saturated heterocycles. The van der Waals surface area contributed by atoms with Crippen LogP contribution in [0.15, 0.2) is 10.6 Å². The number of aliphatic carboxylic acids is 1. The lowest BCUT2D eigenvalue weighted by atomic mass is 9.92. The van der Waals surface area contributed by atoms with Crippen molar-refractivity contribution >= 4 is 17.8 Å². The molecule has 1 aromatic heterocycles. The summed E-state index contributed by atoms with van der Waals surface area (Å²) in [5.41, 5.74) is 0.523. The third-order valence-electron chi connectivity index (χ3n) is 2.58. The largest absolute Gasteiger partial charge is 0.480 e. The van der Waals surface area contributed by atoms with Crippen molar-refractivity contribution in [1.82, 2.24) is 10.1 Å². The molecular weight excluding hydrogens is 274 g/mol. The molecular formula is C14H19N3O4. The average molecular weight is 293 g/mol. The molecule has 0 fully saturated rings. The van der Waals surface area contributed by atoms with E-state index >= 15 is 0 Å². The number of carboxylic acid groups (broad SMARTS) is 1. The number of hydrogen-bond donors (Lipinski definition) is 2. The van der Waals surface area contributed by atoms with Crippen LogP contribution in [0.25, 0.3) is 0 Å². The second kappa shape index (κ2) is 6.90. The van der Waals surface area contributed by atoms with Crippen LogP contribution < -0.4 is 5.32 Å². The minimum Gasteiger partial charge on any atom is -0.480 e. The summed E-state index contributed by atoms with van der Waals surface area (Å²) in [6.45, 7) is 5.54. The predicted octanol–water partition coefficient (Wildman–Crippen LogP) is 0.930. The number of carbonyl (C=O) groups excluding carboxylic acids is 1.